The first-order chi connectivity index (χ1) is 20.8. The molecule has 1 saturated heterocycles. The van der Waals surface area contributed by atoms with Crippen molar-refractivity contribution in [3.8, 4) is 11.5 Å². The Morgan fingerprint density at radius 1 is 1.07 bits per heavy atom. The van der Waals surface area contributed by atoms with Crippen LogP contribution in [-0.4, -0.2) is 64.5 Å². The summed E-state index contributed by atoms with van der Waals surface area (Å²) in [6.45, 7) is 12.8. The van der Waals surface area contributed by atoms with Crippen LogP contribution in [-0.2, 0) is 9.59 Å². The fourth-order valence-electron chi connectivity index (χ4n) is 6.30. The largest absolute Gasteiger partial charge is 0.505 e. The van der Waals surface area contributed by atoms with Gasteiger partial charge in [0.25, 0.3) is 0 Å². The Bertz CT molecular complexity index is 2070. The fourth-order valence-corrected chi connectivity index (χ4v) is 6.30. The summed E-state index contributed by atoms with van der Waals surface area (Å²) in [6, 6.07) is 5.20. The van der Waals surface area contributed by atoms with Gasteiger partial charge >= 0.3 is 5.97 Å². The van der Waals surface area contributed by atoms with Crippen molar-refractivity contribution in [2.45, 2.75) is 41.5 Å². The molecule has 1 fully saturated rings. The number of furan rings is 1. The molecule has 5 aromatic rings. The van der Waals surface area contributed by atoms with Crippen LogP contribution in [0.2, 0.25) is 0 Å². The third-order valence-corrected chi connectivity index (χ3v) is 8.09. The van der Waals surface area contributed by atoms with Crippen molar-refractivity contribution in [2.24, 2.45) is 5.92 Å². The number of quaternary nitrogens is 1. The van der Waals surface area contributed by atoms with Crippen molar-refractivity contribution in [2.75, 3.05) is 42.9 Å². The summed E-state index contributed by atoms with van der Waals surface area (Å²) in [4.78, 5) is 45.0. The Labute approximate surface area is 252 Å². The molecule has 0 aliphatic carbocycles. The summed E-state index contributed by atoms with van der Waals surface area (Å²) in [5, 5.41) is 25.9. The van der Waals surface area contributed by atoms with Crippen LogP contribution in [0.1, 0.15) is 39.0 Å². The molecule has 3 heterocycles. The van der Waals surface area contributed by atoms with Crippen LogP contribution in [0, 0.1) is 19.8 Å². The number of fused-ring (bicyclic) bond motifs is 6. The Morgan fingerprint density at radius 2 is 1.77 bits per heavy atom. The van der Waals surface area contributed by atoms with Crippen LogP contribution in [0.5, 0.6) is 11.5 Å². The number of hydroxylamine groups is 3. The van der Waals surface area contributed by atoms with Crippen LogP contribution in [0.3, 0.4) is 0 Å². The summed E-state index contributed by atoms with van der Waals surface area (Å²) in [7, 11) is 0. The van der Waals surface area contributed by atoms with Gasteiger partial charge in [0.15, 0.2) is 28.1 Å². The van der Waals surface area contributed by atoms with Gasteiger partial charge in [0.1, 0.15) is 47.7 Å². The van der Waals surface area contributed by atoms with Gasteiger partial charge in [0, 0.05) is 53.9 Å². The Hall–Kier alpha value is -4.68. The Morgan fingerprint density at radius 3 is 2.41 bits per heavy atom. The number of phenols is 1. The minimum absolute atomic E-state index is 0.0231. The third kappa shape index (κ3) is 4.89. The zero-order valence-electron chi connectivity index (χ0n) is 25.5. The predicted molar refractivity (Wildman–Crippen MR) is 166 cm³/mol. The highest BCUT2D eigenvalue weighted by atomic mass is 16.5. The van der Waals surface area contributed by atoms with Gasteiger partial charge in [-0.15, -0.1) is 0 Å². The molecule has 0 bridgehead atoms. The highest BCUT2D eigenvalue weighted by Crippen LogP contribution is 2.45. The molecule has 3 N–H and O–H groups in total. The number of rotatable bonds is 5. The maximum atomic E-state index is 13.6. The van der Waals surface area contributed by atoms with E-state index in [-0.39, 0.29) is 49.1 Å². The number of carbonyl (C=O) groups excluding carboxylic acids is 2. The maximum absolute atomic E-state index is 13.6. The van der Waals surface area contributed by atoms with Crippen molar-refractivity contribution in [1.29, 1.82) is 0 Å². The summed E-state index contributed by atoms with van der Waals surface area (Å²) in [6.07, 6.45) is 0. The molecule has 44 heavy (non-hydrogen) atoms. The number of amides is 1. The minimum atomic E-state index is -0.563. The van der Waals surface area contributed by atoms with Crippen LogP contribution in [0.4, 0.5) is 11.4 Å². The molecule has 6 rings (SSSR count). The standard InChI is InChI=1S/C32H34N4O8/c1-15(2)14-36(41)9-7-35(8-10-36)20-12-22(43-19(6)38)26-23(13-20)44-32-27(34-26)24-21-11-16(3)42-31(21)17(4)29(39)25(24)30(40)28(32)33-18(5)37/h11-13,15,41H,7-10,14H2,1-6H3,(H-,33,34,37,39,40)/p+1. The van der Waals surface area contributed by atoms with E-state index in [1.54, 1.807) is 32.0 Å². The van der Waals surface area contributed by atoms with E-state index < -0.39 is 23.1 Å². The number of hydrogen-bond acceptors (Lipinski definition) is 10. The van der Waals surface area contributed by atoms with Gasteiger partial charge in [-0.1, -0.05) is 13.8 Å². The zero-order chi connectivity index (χ0) is 31.7. The number of piperazine rings is 1. The summed E-state index contributed by atoms with van der Waals surface area (Å²) in [5.41, 5.74) is 1.40. The monoisotopic (exact) mass is 603 g/mol. The van der Waals surface area contributed by atoms with Gasteiger partial charge in [0.2, 0.25) is 5.91 Å². The van der Waals surface area contributed by atoms with Gasteiger partial charge < -0.3 is 28.9 Å². The first kappa shape index (κ1) is 29.4. The number of aromatic hydroxyl groups is 1. The van der Waals surface area contributed by atoms with Crippen molar-refractivity contribution in [3.63, 3.8) is 0 Å². The van der Waals surface area contributed by atoms with E-state index in [1.807, 2.05) is 0 Å². The number of ether oxygens (including phenoxy) is 1. The van der Waals surface area contributed by atoms with Gasteiger partial charge in [-0.2, -0.15) is 4.65 Å². The molecular formula is C32H35N4O8+. The summed E-state index contributed by atoms with van der Waals surface area (Å²) < 4.78 is 17.9. The van der Waals surface area contributed by atoms with E-state index in [1.165, 1.54) is 13.8 Å². The van der Waals surface area contributed by atoms with E-state index in [2.05, 4.69) is 24.1 Å². The molecule has 1 aliphatic heterocycles. The second kappa shape index (κ2) is 10.5. The van der Waals surface area contributed by atoms with E-state index in [9.17, 15) is 24.7 Å². The van der Waals surface area contributed by atoms with Crippen molar-refractivity contribution < 1.29 is 38.1 Å². The number of aryl methyl sites for hydroxylation is 2. The van der Waals surface area contributed by atoms with E-state index in [4.69, 9.17) is 18.6 Å². The number of aromatic nitrogens is 1. The first-order valence-electron chi connectivity index (χ1n) is 14.6. The lowest BCUT2D eigenvalue weighted by Crippen LogP contribution is -2.59. The molecule has 230 valence electrons. The van der Waals surface area contributed by atoms with Gasteiger partial charge in [-0.05, 0) is 19.9 Å². The predicted octanol–water partition coefficient (Wildman–Crippen LogP) is 5.13. The number of anilines is 2. The van der Waals surface area contributed by atoms with Crippen molar-refractivity contribution in [3.05, 3.63) is 39.7 Å². The van der Waals surface area contributed by atoms with Crippen LogP contribution in [0.25, 0.3) is 43.9 Å². The molecule has 12 nitrogen and oxygen atoms in total. The molecule has 3 aromatic carbocycles. The smallest absolute Gasteiger partial charge is 0.308 e. The molecule has 0 atom stereocenters. The highest BCUT2D eigenvalue weighted by molar-refractivity contribution is 6.24. The number of phenolic OH excluding ortho intramolecular Hbond substituents is 1. The topological polar surface area (TPSA) is 155 Å². The van der Waals surface area contributed by atoms with Crippen LogP contribution >= 0.6 is 0 Å². The van der Waals surface area contributed by atoms with Gasteiger partial charge in [-0.25, -0.2) is 10.2 Å². The Balaban J connectivity index is 1.65. The van der Waals surface area contributed by atoms with Crippen LogP contribution in [0.15, 0.2) is 31.8 Å². The molecule has 12 heteroatoms. The zero-order valence-corrected chi connectivity index (χ0v) is 25.5. The number of benzene rings is 3. The average molecular weight is 604 g/mol. The molecule has 0 unspecified atom stereocenters. The Kier molecular flexibility index (Phi) is 7.01. The molecule has 1 amide bonds. The first-order valence-corrected chi connectivity index (χ1v) is 14.6. The van der Waals surface area contributed by atoms with Gasteiger partial charge in [-0.3, -0.25) is 14.4 Å². The second-order valence-electron chi connectivity index (χ2n) is 12.1. The fraction of sp³-hybridized carbons (Fsp3) is 0.375. The molecule has 2 aromatic heterocycles. The number of esters is 1. The third-order valence-electron chi connectivity index (χ3n) is 8.09. The molecule has 0 radical (unpaired) electrons. The lowest BCUT2D eigenvalue weighted by molar-refractivity contribution is -1.10. The number of carbonyl (C=O) groups is 2. The van der Waals surface area contributed by atoms with E-state index in [0.29, 0.717) is 66.6 Å². The second-order valence-corrected chi connectivity index (χ2v) is 12.1. The SMILES string of the molecule is CC(=O)Nc1c(O)c2c(=O)c(C)c3oc(C)cc3c2c2nc3c(OC(C)=O)cc(N4CC[N+](O)(CC(C)C)CC4)cc3oc12. The quantitative estimate of drug-likeness (QED) is 0.0615. The summed E-state index contributed by atoms with van der Waals surface area (Å²) >= 11 is 0. The molecular weight excluding hydrogens is 568 g/mol. The lowest BCUT2D eigenvalue weighted by atomic mass is 9.98. The molecule has 0 spiro atoms. The molecule has 1 aliphatic rings. The molecule has 0 saturated carbocycles. The highest BCUT2D eigenvalue weighted by Gasteiger charge is 2.33. The van der Waals surface area contributed by atoms with Crippen LogP contribution < -0.4 is 20.4 Å². The van der Waals surface area contributed by atoms with E-state index >= 15 is 0 Å². The number of hydrogen-bond donors (Lipinski definition) is 3. The van der Waals surface area contributed by atoms with Gasteiger partial charge in [0.05, 0.1) is 18.5 Å². The number of nitrogens with one attached hydrogen (secondary N) is 1. The maximum Gasteiger partial charge on any atom is 0.308 e. The minimum Gasteiger partial charge on any atom is -0.505 e. The van der Waals surface area contributed by atoms with E-state index in [0.717, 1.165) is 0 Å². The normalized spacial score (nSPS) is 15.1. The van der Waals surface area contributed by atoms with Crippen molar-refractivity contribution in [1.82, 2.24) is 4.98 Å². The lowest BCUT2D eigenvalue weighted by Gasteiger charge is -2.40. The number of nitrogens with zero attached hydrogens (tertiary/aromatic N) is 3. The summed E-state index contributed by atoms with van der Waals surface area (Å²) in [5.74, 6) is -0.472. The van der Waals surface area contributed by atoms with Crippen molar-refractivity contribution >= 4 is 67.2 Å². The average Bonchev–Trinajstić information content (AvgIpc) is 3.33.